The van der Waals surface area contributed by atoms with Crippen molar-refractivity contribution in [3.05, 3.63) is 63.4 Å². The number of rotatable bonds is 4. The predicted octanol–water partition coefficient (Wildman–Crippen LogP) is 5.54. The average molecular weight is 303 g/mol. The Balaban J connectivity index is 1.73. The smallest absolute Gasteiger partial charge is 0.146 e. The molecule has 3 aromatic rings. The quantitative estimate of drug-likeness (QED) is 0.667. The van der Waals surface area contributed by atoms with Crippen molar-refractivity contribution in [1.82, 2.24) is 0 Å². The monoisotopic (exact) mass is 303 g/mol. The van der Waals surface area contributed by atoms with Crippen molar-refractivity contribution in [2.24, 2.45) is 0 Å². The Bertz CT molecular complexity index is 681. The Morgan fingerprint density at radius 1 is 1.15 bits per heavy atom. The number of anilines is 1. The van der Waals surface area contributed by atoms with Gasteiger partial charge in [-0.1, -0.05) is 18.2 Å². The van der Waals surface area contributed by atoms with Gasteiger partial charge in [0.1, 0.15) is 5.82 Å². The highest BCUT2D eigenvalue weighted by molar-refractivity contribution is 7.14. The zero-order chi connectivity index (χ0) is 13.9. The van der Waals surface area contributed by atoms with Crippen molar-refractivity contribution >= 4 is 28.4 Å². The highest BCUT2D eigenvalue weighted by Gasteiger charge is 2.07. The van der Waals surface area contributed by atoms with E-state index in [0.29, 0.717) is 12.2 Å². The topological polar surface area (TPSA) is 12.0 Å². The standard InChI is InChI=1S/C16H14FNS2/c1-11-4-2-5-14(17)16(11)18-9-13-8-12(10-20-13)15-6-3-7-19-15/h2-8,10,18H,9H2,1H3. The number of aryl methyl sites for hydroxylation is 1. The van der Waals surface area contributed by atoms with Crippen LogP contribution in [0.25, 0.3) is 10.4 Å². The second kappa shape index (κ2) is 5.77. The summed E-state index contributed by atoms with van der Waals surface area (Å²) in [7, 11) is 0. The van der Waals surface area contributed by atoms with E-state index in [9.17, 15) is 4.39 Å². The number of nitrogens with one attached hydrogen (secondary N) is 1. The normalized spacial score (nSPS) is 10.7. The van der Waals surface area contributed by atoms with Crippen molar-refractivity contribution < 1.29 is 4.39 Å². The highest BCUT2D eigenvalue weighted by atomic mass is 32.1. The van der Waals surface area contributed by atoms with Crippen molar-refractivity contribution in [3.63, 3.8) is 0 Å². The number of para-hydroxylation sites is 1. The molecule has 0 radical (unpaired) electrons. The van der Waals surface area contributed by atoms with Gasteiger partial charge in [-0.25, -0.2) is 4.39 Å². The van der Waals surface area contributed by atoms with Gasteiger partial charge in [0, 0.05) is 21.9 Å². The van der Waals surface area contributed by atoms with Crippen LogP contribution in [0.2, 0.25) is 0 Å². The van der Waals surface area contributed by atoms with Gasteiger partial charge in [0.15, 0.2) is 0 Å². The minimum atomic E-state index is -0.194. The van der Waals surface area contributed by atoms with E-state index in [0.717, 1.165) is 5.56 Å². The Labute approximate surface area is 125 Å². The Kier molecular flexibility index (Phi) is 3.85. The van der Waals surface area contributed by atoms with Gasteiger partial charge < -0.3 is 5.32 Å². The summed E-state index contributed by atoms with van der Waals surface area (Å²) in [5, 5.41) is 7.42. The van der Waals surface area contributed by atoms with Crippen molar-refractivity contribution in [3.8, 4) is 10.4 Å². The molecule has 0 saturated carbocycles. The molecule has 20 heavy (non-hydrogen) atoms. The van der Waals surface area contributed by atoms with Crippen LogP contribution in [0.3, 0.4) is 0 Å². The summed E-state index contributed by atoms with van der Waals surface area (Å²) in [6.07, 6.45) is 0. The molecule has 3 rings (SSSR count). The molecule has 1 N–H and O–H groups in total. The molecule has 2 aromatic heterocycles. The van der Waals surface area contributed by atoms with Gasteiger partial charge >= 0.3 is 0 Å². The molecule has 1 nitrogen and oxygen atoms in total. The summed E-state index contributed by atoms with van der Waals surface area (Å²) in [5.74, 6) is -0.194. The summed E-state index contributed by atoms with van der Waals surface area (Å²) in [4.78, 5) is 2.48. The van der Waals surface area contributed by atoms with E-state index < -0.39 is 0 Å². The van der Waals surface area contributed by atoms with Crippen LogP contribution in [0.4, 0.5) is 10.1 Å². The zero-order valence-electron chi connectivity index (χ0n) is 11.0. The lowest BCUT2D eigenvalue weighted by Gasteiger charge is -2.09. The van der Waals surface area contributed by atoms with E-state index in [-0.39, 0.29) is 5.82 Å². The highest BCUT2D eigenvalue weighted by Crippen LogP contribution is 2.30. The number of hydrogen-bond acceptors (Lipinski definition) is 3. The molecule has 2 heterocycles. The molecule has 0 aliphatic rings. The number of hydrogen-bond donors (Lipinski definition) is 1. The van der Waals surface area contributed by atoms with Crippen molar-refractivity contribution in [2.75, 3.05) is 5.32 Å². The van der Waals surface area contributed by atoms with E-state index in [4.69, 9.17) is 0 Å². The molecular formula is C16H14FNS2. The van der Waals surface area contributed by atoms with Crippen LogP contribution in [0, 0.1) is 12.7 Å². The second-order valence-electron chi connectivity index (χ2n) is 4.56. The minimum absolute atomic E-state index is 0.194. The fourth-order valence-electron chi connectivity index (χ4n) is 2.08. The number of halogens is 1. The minimum Gasteiger partial charge on any atom is -0.378 e. The van der Waals surface area contributed by atoms with Crippen LogP contribution in [-0.2, 0) is 6.54 Å². The number of benzene rings is 1. The fourth-order valence-corrected chi connectivity index (χ4v) is 3.69. The lowest BCUT2D eigenvalue weighted by atomic mass is 10.2. The van der Waals surface area contributed by atoms with Crippen molar-refractivity contribution in [1.29, 1.82) is 0 Å². The Hall–Kier alpha value is -1.65. The first kappa shape index (κ1) is 13.3. The van der Waals surface area contributed by atoms with Crippen LogP contribution in [-0.4, -0.2) is 0 Å². The summed E-state index contributed by atoms with van der Waals surface area (Å²) in [6.45, 7) is 2.56. The van der Waals surface area contributed by atoms with E-state index in [1.54, 1.807) is 28.7 Å². The lowest BCUT2D eigenvalue weighted by Crippen LogP contribution is -2.01. The van der Waals surface area contributed by atoms with E-state index in [1.165, 1.54) is 21.4 Å². The predicted molar refractivity (Wildman–Crippen MR) is 86.1 cm³/mol. The van der Waals surface area contributed by atoms with Gasteiger partial charge in [-0.2, -0.15) is 0 Å². The second-order valence-corrected chi connectivity index (χ2v) is 6.51. The largest absolute Gasteiger partial charge is 0.378 e. The van der Waals surface area contributed by atoms with Gasteiger partial charge in [0.2, 0.25) is 0 Å². The molecule has 0 spiro atoms. The van der Waals surface area contributed by atoms with Crippen LogP contribution in [0.1, 0.15) is 10.4 Å². The molecule has 0 unspecified atom stereocenters. The molecule has 0 aliphatic heterocycles. The molecule has 0 saturated heterocycles. The molecule has 4 heteroatoms. The number of thiophene rings is 2. The molecule has 0 aliphatic carbocycles. The van der Waals surface area contributed by atoms with Gasteiger partial charge in [-0.05, 0) is 41.4 Å². The maximum Gasteiger partial charge on any atom is 0.146 e. The van der Waals surface area contributed by atoms with E-state index in [2.05, 4.69) is 34.3 Å². The lowest BCUT2D eigenvalue weighted by molar-refractivity contribution is 0.629. The maximum atomic E-state index is 13.7. The first-order valence-corrected chi connectivity index (χ1v) is 8.10. The Morgan fingerprint density at radius 3 is 2.80 bits per heavy atom. The molecular weight excluding hydrogens is 289 g/mol. The van der Waals surface area contributed by atoms with Gasteiger partial charge in [0.25, 0.3) is 0 Å². The molecule has 0 amide bonds. The summed E-state index contributed by atoms with van der Waals surface area (Å²) in [5.41, 5.74) is 2.77. The van der Waals surface area contributed by atoms with Crippen LogP contribution in [0.5, 0.6) is 0 Å². The SMILES string of the molecule is Cc1cccc(F)c1NCc1cc(-c2cccs2)cs1. The molecule has 0 bridgehead atoms. The summed E-state index contributed by atoms with van der Waals surface area (Å²) >= 11 is 3.44. The first-order chi connectivity index (χ1) is 9.74. The van der Waals surface area contributed by atoms with Gasteiger partial charge in [0.05, 0.1) is 5.69 Å². The van der Waals surface area contributed by atoms with E-state index in [1.807, 2.05) is 13.0 Å². The molecule has 0 atom stereocenters. The molecule has 102 valence electrons. The van der Waals surface area contributed by atoms with Crippen LogP contribution >= 0.6 is 22.7 Å². The van der Waals surface area contributed by atoms with E-state index >= 15 is 0 Å². The first-order valence-electron chi connectivity index (χ1n) is 6.34. The molecule has 0 fully saturated rings. The molecule has 1 aromatic carbocycles. The van der Waals surface area contributed by atoms with Crippen molar-refractivity contribution in [2.45, 2.75) is 13.5 Å². The average Bonchev–Trinajstić information content (AvgIpc) is 3.09. The van der Waals surface area contributed by atoms with Crippen LogP contribution < -0.4 is 5.32 Å². The third kappa shape index (κ3) is 2.76. The maximum absolute atomic E-state index is 13.7. The summed E-state index contributed by atoms with van der Waals surface area (Å²) < 4.78 is 13.7. The third-order valence-corrected chi connectivity index (χ3v) is 4.98. The Morgan fingerprint density at radius 2 is 2.05 bits per heavy atom. The van der Waals surface area contributed by atoms with Gasteiger partial charge in [-0.15, -0.1) is 22.7 Å². The zero-order valence-corrected chi connectivity index (χ0v) is 12.7. The fraction of sp³-hybridized carbons (Fsp3) is 0.125. The third-order valence-electron chi connectivity index (χ3n) is 3.12. The van der Waals surface area contributed by atoms with Gasteiger partial charge in [-0.3, -0.25) is 0 Å². The summed E-state index contributed by atoms with van der Waals surface area (Å²) in [6, 6.07) is 11.5. The van der Waals surface area contributed by atoms with Crippen LogP contribution in [0.15, 0.2) is 47.2 Å².